The maximum absolute atomic E-state index is 3.71. The molecule has 0 bridgehead atoms. The molecule has 0 amide bonds. The van der Waals surface area contributed by atoms with Gasteiger partial charge in [0.15, 0.2) is 0 Å². The highest BCUT2D eigenvalue weighted by Crippen LogP contribution is 2.13. The van der Waals surface area contributed by atoms with Crippen LogP contribution in [0.15, 0.2) is 12.7 Å². The molecule has 0 aliphatic carbocycles. The van der Waals surface area contributed by atoms with E-state index in [4.69, 9.17) is 0 Å². The van der Waals surface area contributed by atoms with Gasteiger partial charge < -0.3 is 10.2 Å². The van der Waals surface area contributed by atoms with Crippen molar-refractivity contribution in [3.05, 3.63) is 12.7 Å². The second kappa shape index (κ2) is 8.20. The number of hydrogen-bond acceptors (Lipinski definition) is 3. The summed E-state index contributed by atoms with van der Waals surface area (Å²) in [6, 6.07) is 0.767. The SMILES string of the molecule is C=CCSCCNCC1CCCCN1C. The van der Waals surface area contributed by atoms with Crippen molar-refractivity contribution < 1.29 is 0 Å². The van der Waals surface area contributed by atoms with Crippen molar-refractivity contribution in [3.63, 3.8) is 0 Å². The van der Waals surface area contributed by atoms with Crippen molar-refractivity contribution in [2.24, 2.45) is 0 Å². The highest BCUT2D eigenvalue weighted by Gasteiger charge is 2.17. The van der Waals surface area contributed by atoms with Crippen molar-refractivity contribution in [2.75, 3.05) is 38.2 Å². The number of likely N-dealkylation sites (N-methyl/N-ethyl adjacent to an activating group) is 1. The predicted octanol–water partition coefficient (Wildman–Crippen LogP) is 1.98. The van der Waals surface area contributed by atoms with Crippen LogP contribution in [-0.2, 0) is 0 Å². The van der Waals surface area contributed by atoms with Crippen molar-refractivity contribution in [2.45, 2.75) is 25.3 Å². The minimum Gasteiger partial charge on any atom is -0.314 e. The first-order valence-electron chi connectivity index (χ1n) is 5.94. The van der Waals surface area contributed by atoms with Gasteiger partial charge in [-0.2, -0.15) is 11.8 Å². The monoisotopic (exact) mass is 228 g/mol. The van der Waals surface area contributed by atoms with E-state index < -0.39 is 0 Å². The summed E-state index contributed by atoms with van der Waals surface area (Å²) < 4.78 is 0. The standard InChI is InChI=1S/C12H24N2S/c1-3-9-15-10-7-13-11-12-6-4-5-8-14(12)2/h3,12-13H,1,4-11H2,2H3. The fraction of sp³-hybridized carbons (Fsp3) is 0.833. The normalized spacial score (nSPS) is 22.9. The lowest BCUT2D eigenvalue weighted by Gasteiger charge is -2.32. The van der Waals surface area contributed by atoms with Crippen LogP contribution in [0.25, 0.3) is 0 Å². The second-order valence-electron chi connectivity index (χ2n) is 4.20. The predicted molar refractivity (Wildman–Crippen MR) is 70.7 cm³/mol. The largest absolute Gasteiger partial charge is 0.314 e. The Morgan fingerprint density at radius 2 is 2.40 bits per heavy atom. The summed E-state index contributed by atoms with van der Waals surface area (Å²) in [5, 5.41) is 3.55. The molecule has 15 heavy (non-hydrogen) atoms. The highest BCUT2D eigenvalue weighted by atomic mass is 32.2. The maximum Gasteiger partial charge on any atom is 0.0217 e. The first kappa shape index (κ1) is 13.1. The van der Waals surface area contributed by atoms with Crippen LogP contribution in [0, 0.1) is 0 Å². The summed E-state index contributed by atoms with van der Waals surface area (Å²) in [4.78, 5) is 2.49. The van der Waals surface area contributed by atoms with Crippen molar-refractivity contribution in [1.82, 2.24) is 10.2 Å². The van der Waals surface area contributed by atoms with Gasteiger partial charge in [0.1, 0.15) is 0 Å². The van der Waals surface area contributed by atoms with Gasteiger partial charge in [0.2, 0.25) is 0 Å². The zero-order chi connectivity index (χ0) is 10.9. The molecule has 1 unspecified atom stereocenters. The Morgan fingerprint density at radius 1 is 1.53 bits per heavy atom. The van der Waals surface area contributed by atoms with E-state index in [1.807, 2.05) is 17.8 Å². The summed E-state index contributed by atoms with van der Waals surface area (Å²) in [5.41, 5.74) is 0. The number of nitrogens with zero attached hydrogens (tertiary/aromatic N) is 1. The first-order chi connectivity index (χ1) is 7.34. The average molecular weight is 228 g/mol. The fourth-order valence-electron chi connectivity index (χ4n) is 1.98. The molecular formula is C12H24N2S. The number of thioether (sulfide) groups is 1. The molecule has 0 aromatic heterocycles. The van der Waals surface area contributed by atoms with E-state index in [0.29, 0.717) is 0 Å². The molecule has 0 radical (unpaired) electrons. The van der Waals surface area contributed by atoms with Crippen LogP contribution in [0.3, 0.4) is 0 Å². The zero-order valence-electron chi connectivity index (χ0n) is 9.87. The molecular weight excluding hydrogens is 204 g/mol. The Bertz CT molecular complexity index is 173. The smallest absolute Gasteiger partial charge is 0.0217 e. The van der Waals surface area contributed by atoms with Crippen LogP contribution >= 0.6 is 11.8 Å². The van der Waals surface area contributed by atoms with Crippen LogP contribution in [0.4, 0.5) is 0 Å². The molecule has 1 rings (SSSR count). The van der Waals surface area contributed by atoms with Crippen molar-refractivity contribution in [1.29, 1.82) is 0 Å². The molecule has 3 heteroatoms. The lowest BCUT2D eigenvalue weighted by molar-refractivity contribution is 0.182. The van der Waals surface area contributed by atoms with Gasteiger partial charge in [-0.15, -0.1) is 6.58 Å². The summed E-state index contributed by atoms with van der Waals surface area (Å²) in [7, 11) is 2.25. The quantitative estimate of drug-likeness (QED) is 0.530. The highest BCUT2D eigenvalue weighted by molar-refractivity contribution is 7.99. The Balaban J connectivity index is 1.96. The number of hydrogen-bond donors (Lipinski definition) is 1. The van der Waals surface area contributed by atoms with Gasteiger partial charge in [-0.1, -0.05) is 12.5 Å². The van der Waals surface area contributed by atoms with E-state index >= 15 is 0 Å². The van der Waals surface area contributed by atoms with E-state index in [1.165, 1.54) is 31.6 Å². The molecule has 0 saturated carbocycles. The summed E-state index contributed by atoms with van der Waals surface area (Å²) in [6.45, 7) is 7.28. The molecule has 2 nitrogen and oxygen atoms in total. The van der Waals surface area contributed by atoms with Crippen molar-refractivity contribution in [3.8, 4) is 0 Å². The molecule has 1 atom stereocenters. The molecule has 1 heterocycles. The maximum atomic E-state index is 3.71. The van der Waals surface area contributed by atoms with Crippen molar-refractivity contribution >= 4 is 11.8 Å². The van der Waals surface area contributed by atoms with E-state index in [2.05, 4.69) is 23.8 Å². The van der Waals surface area contributed by atoms with E-state index in [0.717, 1.165) is 24.9 Å². The van der Waals surface area contributed by atoms with Gasteiger partial charge in [0.25, 0.3) is 0 Å². The summed E-state index contributed by atoms with van der Waals surface area (Å²) in [6.07, 6.45) is 6.12. The zero-order valence-corrected chi connectivity index (χ0v) is 10.7. The Labute approximate surface area is 98.5 Å². The lowest BCUT2D eigenvalue weighted by Crippen LogP contribution is -2.43. The first-order valence-corrected chi connectivity index (χ1v) is 7.09. The Kier molecular flexibility index (Phi) is 7.14. The van der Waals surface area contributed by atoms with E-state index in [9.17, 15) is 0 Å². The topological polar surface area (TPSA) is 15.3 Å². The minimum absolute atomic E-state index is 0.767. The van der Waals surface area contributed by atoms with E-state index in [1.54, 1.807) is 0 Å². The third kappa shape index (κ3) is 5.59. The minimum atomic E-state index is 0.767. The Morgan fingerprint density at radius 3 is 3.13 bits per heavy atom. The van der Waals surface area contributed by atoms with Crippen LogP contribution < -0.4 is 5.32 Å². The number of likely N-dealkylation sites (tertiary alicyclic amines) is 1. The van der Waals surface area contributed by atoms with Crippen LogP contribution in [0.1, 0.15) is 19.3 Å². The van der Waals surface area contributed by atoms with Gasteiger partial charge in [0.05, 0.1) is 0 Å². The van der Waals surface area contributed by atoms with E-state index in [-0.39, 0.29) is 0 Å². The molecule has 0 spiro atoms. The van der Waals surface area contributed by atoms with Gasteiger partial charge >= 0.3 is 0 Å². The summed E-state index contributed by atoms with van der Waals surface area (Å²) in [5.74, 6) is 2.27. The third-order valence-corrected chi connectivity index (χ3v) is 3.92. The molecule has 0 aromatic carbocycles. The van der Waals surface area contributed by atoms with Gasteiger partial charge in [-0.05, 0) is 26.4 Å². The Hall–Kier alpha value is 0.01000. The third-order valence-electron chi connectivity index (χ3n) is 2.96. The number of rotatable bonds is 7. The molecule has 1 aliphatic rings. The molecule has 0 aromatic rings. The van der Waals surface area contributed by atoms with Gasteiger partial charge in [0, 0.05) is 30.6 Å². The van der Waals surface area contributed by atoms with Gasteiger partial charge in [-0.25, -0.2) is 0 Å². The molecule has 1 fully saturated rings. The number of nitrogens with one attached hydrogen (secondary N) is 1. The van der Waals surface area contributed by atoms with Crippen LogP contribution in [0.2, 0.25) is 0 Å². The summed E-state index contributed by atoms with van der Waals surface area (Å²) >= 11 is 1.95. The van der Waals surface area contributed by atoms with Gasteiger partial charge in [-0.3, -0.25) is 0 Å². The fourth-order valence-corrected chi connectivity index (χ4v) is 2.60. The molecule has 1 saturated heterocycles. The number of piperidine rings is 1. The van der Waals surface area contributed by atoms with Crippen LogP contribution in [0.5, 0.6) is 0 Å². The lowest BCUT2D eigenvalue weighted by atomic mass is 10.0. The molecule has 88 valence electrons. The second-order valence-corrected chi connectivity index (χ2v) is 5.35. The molecule has 1 N–H and O–H groups in total. The van der Waals surface area contributed by atoms with Crippen LogP contribution in [-0.4, -0.2) is 49.1 Å². The molecule has 1 aliphatic heterocycles. The average Bonchev–Trinajstić information content (AvgIpc) is 2.25.